The van der Waals surface area contributed by atoms with E-state index in [-0.39, 0.29) is 18.4 Å². The van der Waals surface area contributed by atoms with Gasteiger partial charge in [-0.1, -0.05) is 12.1 Å². The number of hydrogen-bond acceptors (Lipinski definition) is 5. The van der Waals surface area contributed by atoms with Crippen LogP contribution in [0.1, 0.15) is 56.3 Å². The number of amides is 2. The van der Waals surface area contributed by atoms with Crippen LogP contribution in [0.2, 0.25) is 0 Å². The summed E-state index contributed by atoms with van der Waals surface area (Å²) in [5.41, 5.74) is 1.58. The molecule has 1 saturated carbocycles. The molecule has 0 spiro atoms. The highest BCUT2D eigenvalue weighted by atomic mass is 16.5. The Morgan fingerprint density at radius 1 is 1.44 bits per heavy atom. The maximum Gasteiger partial charge on any atom is 0.404 e. The highest BCUT2D eigenvalue weighted by Gasteiger charge is 2.29. The van der Waals surface area contributed by atoms with E-state index in [4.69, 9.17) is 9.63 Å². The summed E-state index contributed by atoms with van der Waals surface area (Å²) in [7, 11) is 0. The van der Waals surface area contributed by atoms with Crippen LogP contribution in [-0.4, -0.2) is 38.5 Å². The molecule has 9 nitrogen and oxygen atoms in total. The van der Waals surface area contributed by atoms with E-state index in [2.05, 4.69) is 26.0 Å². The molecule has 2 aromatic heterocycles. The molecule has 146 valence electrons. The monoisotopic (exact) mass is 375 g/mol. The van der Waals surface area contributed by atoms with E-state index >= 15 is 0 Å². The lowest BCUT2D eigenvalue weighted by atomic mass is 9.95. The average molecular weight is 375 g/mol. The van der Waals surface area contributed by atoms with Crippen molar-refractivity contribution in [2.24, 2.45) is 5.92 Å². The number of anilines is 1. The topological polar surface area (TPSA) is 133 Å². The van der Waals surface area contributed by atoms with Crippen LogP contribution in [0, 0.1) is 5.92 Å². The van der Waals surface area contributed by atoms with Crippen LogP contribution >= 0.6 is 0 Å². The Hall–Kier alpha value is -2.84. The number of rotatable bonds is 8. The molecule has 3 rings (SSSR count). The summed E-state index contributed by atoms with van der Waals surface area (Å²) in [6, 6.07) is 3.52. The van der Waals surface area contributed by atoms with E-state index in [0.29, 0.717) is 23.3 Å². The number of hydrogen-bond donors (Lipinski definition) is 4. The van der Waals surface area contributed by atoms with E-state index in [1.54, 1.807) is 6.07 Å². The van der Waals surface area contributed by atoms with Crippen molar-refractivity contribution in [3.8, 4) is 0 Å². The number of carbonyl (C=O) groups is 2. The van der Waals surface area contributed by atoms with Crippen LogP contribution in [-0.2, 0) is 11.2 Å². The zero-order chi connectivity index (χ0) is 19.2. The first kappa shape index (κ1) is 18.9. The molecule has 9 heteroatoms. The van der Waals surface area contributed by atoms with Crippen molar-refractivity contribution in [3.05, 3.63) is 29.8 Å². The van der Waals surface area contributed by atoms with E-state index < -0.39 is 6.09 Å². The van der Waals surface area contributed by atoms with Gasteiger partial charge in [0, 0.05) is 29.8 Å². The molecule has 2 aromatic rings. The Kier molecular flexibility index (Phi) is 6.10. The molecule has 3 unspecified atom stereocenters. The number of nitrogens with zero attached hydrogens (tertiary/aromatic N) is 2. The average Bonchev–Trinajstić information content (AvgIpc) is 3.35. The Balaban J connectivity index is 1.50. The Bertz CT molecular complexity index is 758. The fraction of sp³-hybridized carbons (Fsp3) is 0.556. The smallest absolute Gasteiger partial charge is 0.404 e. The van der Waals surface area contributed by atoms with Gasteiger partial charge in [0.15, 0.2) is 5.82 Å². The van der Waals surface area contributed by atoms with Crippen molar-refractivity contribution in [1.29, 1.82) is 0 Å². The van der Waals surface area contributed by atoms with Crippen LogP contribution in [0.3, 0.4) is 0 Å². The predicted octanol–water partition coefficient (Wildman–Crippen LogP) is 2.90. The minimum Gasteiger partial charge on any atom is -0.465 e. The van der Waals surface area contributed by atoms with E-state index in [1.807, 2.05) is 13.0 Å². The van der Waals surface area contributed by atoms with Crippen molar-refractivity contribution in [3.63, 3.8) is 0 Å². The zero-order valence-corrected chi connectivity index (χ0v) is 15.3. The highest BCUT2D eigenvalue weighted by Crippen LogP contribution is 2.40. The van der Waals surface area contributed by atoms with Crippen LogP contribution in [0.15, 0.2) is 22.9 Å². The normalized spacial score (nSPS) is 20.3. The van der Waals surface area contributed by atoms with Crippen molar-refractivity contribution < 1.29 is 19.2 Å². The third-order valence-corrected chi connectivity index (χ3v) is 5.12. The fourth-order valence-electron chi connectivity index (χ4n) is 3.77. The van der Waals surface area contributed by atoms with E-state index in [0.717, 1.165) is 37.8 Å². The molecule has 0 aliphatic heterocycles. The summed E-state index contributed by atoms with van der Waals surface area (Å²) < 4.78 is 4.72. The SMILES string of the molecule is CCC(CC1CCC(c2cc(NC(=O)Cc3ccon3)n[nH]2)C1)NC(=O)O. The highest BCUT2D eigenvalue weighted by molar-refractivity contribution is 5.91. The van der Waals surface area contributed by atoms with Crippen molar-refractivity contribution in [2.45, 2.75) is 57.4 Å². The third kappa shape index (κ3) is 5.32. The van der Waals surface area contributed by atoms with Gasteiger partial charge in [-0.2, -0.15) is 5.10 Å². The molecule has 2 amide bonds. The largest absolute Gasteiger partial charge is 0.465 e. The molecule has 3 atom stereocenters. The lowest BCUT2D eigenvalue weighted by molar-refractivity contribution is -0.115. The van der Waals surface area contributed by atoms with Crippen LogP contribution in [0.5, 0.6) is 0 Å². The number of carbonyl (C=O) groups excluding carboxylic acids is 1. The summed E-state index contributed by atoms with van der Waals surface area (Å²) >= 11 is 0. The molecular weight excluding hydrogens is 350 g/mol. The third-order valence-electron chi connectivity index (χ3n) is 5.12. The second-order valence-corrected chi connectivity index (χ2v) is 7.09. The molecular formula is C18H25N5O4. The van der Waals surface area contributed by atoms with Crippen molar-refractivity contribution >= 4 is 17.8 Å². The second kappa shape index (κ2) is 8.70. The first-order chi connectivity index (χ1) is 13.0. The number of aromatic nitrogens is 3. The molecule has 2 heterocycles. The lowest BCUT2D eigenvalue weighted by Crippen LogP contribution is -2.34. The molecule has 4 N–H and O–H groups in total. The van der Waals surface area contributed by atoms with Gasteiger partial charge in [-0.3, -0.25) is 9.89 Å². The lowest BCUT2D eigenvalue weighted by Gasteiger charge is -2.19. The molecule has 27 heavy (non-hydrogen) atoms. The maximum atomic E-state index is 12.0. The fourth-order valence-corrected chi connectivity index (χ4v) is 3.77. The summed E-state index contributed by atoms with van der Waals surface area (Å²) in [5, 5.41) is 25.2. The minimum atomic E-state index is -0.962. The van der Waals surface area contributed by atoms with Crippen LogP contribution < -0.4 is 10.6 Å². The standard InChI is InChI=1S/C18H25N5O4/c1-2-13(19-18(25)26)8-11-3-4-12(7-11)15-10-16(22-21-15)20-17(24)9-14-5-6-27-23-14/h5-6,10-13,19H,2-4,7-9H2,1H3,(H,25,26)(H2,20,21,22,24). The number of nitrogens with one attached hydrogen (secondary N) is 3. The van der Waals surface area contributed by atoms with Crippen LogP contribution in [0.4, 0.5) is 10.6 Å². The maximum absolute atomic E-state index is 12.0. The molecule has 0 aromatic carbocycles. The Morgan fingerprint density at radius 2 is 2.30 bits per heavy atom. The van der Waals surface area contributed by atoms with Gasteiger partial charge in [-0.05, 0) is 38.0 Å². The van der Waals surface area contributed by atoms with Gasteiger partial charge < -0.3 is 20.3 Å². The van der Waals surface area contributed by atoms with Crippen molar-refractivity contribution in [2.75, 3.05) is 5.32 Å². The summed E-state index contributed by atoms with van der Waals surface area (Å²) in [6.07, 6.45) is 5.34. The van der Waals surface area contributed by atoms with Crippen LogP contribution in [0.25, 0.3) is 0 Å². The summed E-state index contributed by atoms with van der Waals surface area (Å²) in [5.74, 6) is 1.14. The number of carboxylic acid groups (broad SMARTS) is 1. The summed E-state index contributed by atoms with van der Waals surface area (Å²) in [6.45, 7) is 2.00. The Labute approximate surface area is 156 Å². The van der Waals surface area contributed by atoms with Gasteiger partial charge in [0.2, 0.25) is 5.91 Å². The molecule has 1 aliphatic carbocycles. The number of aromatic amines is 1. The predicted molar refractivity (Wildman–Crippen MR) is 97.4 cm³/mol. The van der Waals surface area contributed by atoms with Crippen molar-refractivity contribution in [1.82, 2.24) is 20.7 Å². The summed E-state index contributed by atoms with van der Waals surface area (Å²) in [4.78, 5) is 22.9. The quantitative estimate of drug-likeness (QED) is 0.561. The zero-order valence-electron chi connectivity index (χ0n) is 15.3. The molecule has 0 bridgehead atoms. The van der Waals surface area contributed by atoms with Gasteiger partial charge in [0.1, 0.15) is 6.26 Å². The molecule has 0 radical (unpaired) electrons. The molecule has 1 aliphatic rings. The number of H-pyrrole nitrogens is 1. The van der Waals surface area contributed by atoms with Gasteiger partial charge in [0.25, 0.3) is 0 Å². The molecule has 0 saturated heterocycles. The van der Waals surface area contributed by atoms with Gasteiger partial charge in [-0.25, -0.2) is 4.79 Å². The van der Waals surface area contributed by atoms with E-state index in [9.17, 15) is 9.59 Å². The minimum absolute atomic E-state index is 0.000559. The Morgan fingerprint density at radius 3 is 3.00 bits per heavy atom. The van der Waals surface area contributed by atoms with Gasteiger partial charge >= 0.3 is 6.09 Å². The molecule has 1 fully saturated rings. The van der Waals surface area contributed by atoms with Gasteiger partial charge in [0.05, 0.1) is 12.1 Å². The van der Waals surface area contributed by atoms with E-state index in [1.165, 1.54) is 6.26 Å². The first-order valence-corrected chi connectivity index (χ1v) is 9.27. The second-order valence-electron chi connectivity index (χ2n) is 7.09. The van der Waals surface area contributed by atoms with Gasteiger partial charge in [-0.15, -0.1) is 0 Å². The first-order valence-electron chi connectivity index (χ1n) is 9.27.